The molecule has 0 atom stereocenters. The Morgan fingerprint density at radius 2 is 2.00 bits per heavy atom. The van der Waals surface area contributed by atoms with Crippen LogP contribution in [0.2, 0.25) is 0 Å². The summed E-state index contributed by atoms with van der Waals surface area (Å²) in [6.07, 6.45) is 3.92. The molecule has 0 bridgehead atoms. The third-order valence-corrected chi connectivity index (χ3v) is 2.69. The van der Waals surface area contributed by atoms with E-state index in [9.17, 15) is 9.59 Å². The van der Waals surface area contributed by atoms with Gasteiger partial charge in [0.2, 0.25) is 0 Å². The molecule has 1 aliphatic carbocycles. The summed E-state index contributed by atoms with van der Waals surface area (Å²) < 4.78 is 5.21. The maximum Gasteiger partial charge on any atom is 0.415 e. The predicted molar refractivity (Wildman–Crippen MR) is 50.7 cm³/mol. The van der Waals surface area contributed by atoms with Gasteiger partial charge in [0.1, 0.15) is 5.60 Å². The summed E-state index contributed by atoms with van der Waals surface area (Å²) in [5.74, 6) is 0. The van der Waals surface area contributed by atoms with Gasteiger partial charge >= 0.3 is 12.1 Å². The normalized spacial score (nSPS) is 18.9. The van der Waals surface area contributed by atoms with E-state index in [4.69, 9.17) is 10.5 Å². The molecule has 0 aliphatic heterocycles. The monoisotopic (exact) mass is 200 g/mol. The molecule has 1 aliphatic rings. The fourth-order valence-corrected chi connectivity index (χ4v) is 1.87. The lowest BCUT2D eigenvalue weighted by Crippen LogP contribution is -2.41. The van der Waals surface area contributed by atoms with Crippen molar-refractivity contribution in [2.24, 2.45) is 5.73 Å². The minimum absolute atomic E-state index is 0.375. The minimum atomic E-state index is -0.876. The fraction of sp³-hybridized carbons (Fsp3) is 0.778. The third-order valence-electron chi connectivity index (χ3n) is 2.69. The van der Waals surface area contributed by atoms with E-state index in [0.29, 0.717) is 0 Å². The highest BCUT2D eigenvalue weighted by atomic mass is 16.6. The van der Waals surface area contributed by atoms with Crippen LogP contribution in [0.15, 0.2) is 0 Å². The minimum Gasteiger partial charge on any atom is -0.443 e. The van der Waals surface area contributed by atoms with Crippen LogP contribution in [0, 0.1) is 0 Å². The van der Waals surface area contributed by atoms with Crippen molar-refractivity contribution in [2.45, 2.75) is 44.6 Å². The van der Waals surface area contributed by atoms with E-state index < -0.39 is 12.1 Å². The Labute approximate surface area is 83.0 Å². The zero-order valence-electron chi connectivity index (χ0n) is 8.34. The third kappa shape index (κ3) is 2.61. The van der Waals surface area contributed by atoms with E-state index in [-0.39, 0.29) is 5.60 Å². The zero-order valence-corrected chi connectivity index (χ0v) is 8.34. The number of carbonyl (C=O) groups excluding carboxylic acids is 2. The SMILES string of the molecule is CCC1(OC(=O)NC(N)=O)CCCC1. The molecule has 0 saturated heterocycles. The molecule has 1 fully saturated rings. The van der Waals surface area contributed by atoms with Crippen molar-refractivity contribution in [3.05, 3.63) is 0 Å². The van der Waals surface area contributed by atoms with Gasteiger partial charge in [-0.1, -0.05) is 6.92 Å². The van der Waals surface area contributed by atoms with Gasteiger partial charge in [-0.3, -0.25) is 0 Å². The van der Waals surface area contributed by atoms with Gasteiger partial charge in [0.15, 0.2) is 0 Å². The number of nitrogens with one attached hydrogen (secondary N) is 1. The van der Waals surface area contributed by atoms with Crippen LogP contribution >= 0.6 is 0 Å². The lowest BCUT2D eigenvalue weighted by molar-refractivity contribution is 0.0150. The second-order valence-corrected chi connectivity index (χ2v) is 3.62. The highest BCUT2D eigenvalue weighted by Gasteiger charge is 2.36. The van der Waals surface area contributed by atoms with Crippen molar-refractivity contribution in [3.8, 4) is 0 Å². The first-order valence-corrected chi connectivity index (χ1v) is 4.87. The van der Waals surface area contributed by atoms with Crippen LogP contribution in [0.3, 0.4) is 0 Å². The van der Waals surface area contributed by atoms with Gasteiger partial charge < -0.3 is 10.5 Å². The number of urea groups is 1. The summed E-state index contributed by atoms with van der Waals surface area (Å²) >= 11 is 0. The number of carbonyl (C=O) groups is 2. The maximum atomic E-state index is 11.1. The van der Waals surface area contributed by atoms with E-state index in [0.717, 1.165) is 32.1 Å². The number of hydrogen-bond acceptors (Lipinski definition) is 3. The average Bonchev–Trinajstić information content (AvgIpc) is 2.52. The first-order chi connectivity index (χ1) is 6.58. The molecule has 5 heteroatoms. The van der Waals surface area contributed by atoms with E-state index in [1.165, 1.54) is 0 Å². The molecule has 0 unspecified atom stereocenters. The molecule has 0 aromatic rings. The second kappa shape index (κ2) is 4.30. The highest BCUT2D eigenvalue weighted by molar-refractivity contribution is 5.89. The van der Waals surface area contributed by atoms with Crippen LogP contribution in [0.1, 0.15) is 39.0 Å². The number of hydrogen-bond donors (Lipinski definition) is 2. The van der Waals surface area contributed by atoms with Crippen molar-refractivity contribution in [1.82, 2.24) is 5.32 Å². The Balaban J connectivity index is 2.47. The van der Waals surface area contributed by atoms with Crippen molar-refractivity contribution >= 4 is 12.1 Å². The Morgan fingerprint density at radius 1 is 1.43 bits per heavy atom. The fourth-order valence-electron chi connectivity index (χ4n) is 1.87. The quantitative estimate of drug-likeness (QED) is 0.708. The van der Waals surface area contributed by atoms with E-state index in [2.05, 4.69) is 0 Å². The number of nitrogens with two attached hydrogens (primary N) is 1. The second-order valence-electron chi connectivity index (χ2n) is 3.62. The van der Waals surface area contributed by atoms with Crippen LogP contribution in [0.4, 0.5) is 9.59 Å². The van der Waals surface area contributed by atoms with Gasteiger partial charge in [-0.15, -0.1) is 0 Å². The van der Waals surface area contributed by atoms with Crippen molar-refractivity contribution in [2.75, 3.05) is 0 Å². The topological polar surface area (TPSA) is 81.4 Å². The summed E-state index contributed by atoms with van der Waals surface area (Å²) in [5.41, 5.74) is 4.43. The maximum absolute atomic E-state index is 11.1. The van der Waals surface area contributed by atoms with Crippen molar-refractivity contribution in [3.63, 3.8) is 0 Å². The number of alkyl carbamates (subject to hydrolysis) is 1. The van der Waals surface area contributed by atoms with Crippen LogP contribution in [-0.4, -0.2) is 17.7 Å². The van der Waals surface area contributed by atoms with Crippen molar-refractivity contribution < 1.29 is 14.3 Å². The Hall–Kier alpha value is -1.26. The summed E-state index contributed by atoms with van der Waals surface area (Å²) in [6, 6.07) is -0.876. The molecular weight excluding hydrogens is 184 g/mol. The molecule has 3 N–H and O–H groups in total. The molecule has 0 aromatic carbocycles. The Bertz CT molecular complexity index is 234. The first kappa shape index (κ1) is 10.8. The Morgan fingerprint density at radius 3 is 2.43 bits per heavy atom. The summed E-state index contributed by atoms with van der Waals surface area (Å²) in [7, 11) is 0. The zero-order chi connectivity index (χ0) is 10.6. The van der Waals surface area contributed by atoms with Crippen LogP contribution in [0.25, 0.3) is 0 Å². The van der Waals surface area contributed by atoms with E-state index >= 15 is 0 Å². The summed E-state index contributed by atoms with van der Waals surface area (Å²) in [6.45, 7) is 1.98. The highest BCUT2D eigenvalue weighted by Crippen LogP contribution is 2.35. The molecular formula is C9H16N2O3. The first-order valence-electron chi connectivity index (χ1n) is 4.87. The van der Waals surface area contributed by atoms with Gasteiger partial charge in [-0.05, 0) is 32.1 Å². The molecule has 14 heavy (non-hydrogen) atoms. The average molecular weight is 200 g/mol. The summed E-state index contributed by atoms with van der Waals surface area (Å²) in [4.78, 5) is 21.5. The van der Waals surface area contributed by atoms with Gasteiger partial charge in [0, 0.05) is 0 Å². The molecule has 80 valence electrons. The van der Waals surface area contributed by atoms with Crippen molar-refractivity contribution in [1.29, 1.82) is 0 Å². The molecule has 0 spiro atoms. The number of primary amides is 1. The molecule has 0 heterocycles. The van der Waals surface area contributed by atoms with Crippen LogP contribution in [-0.2, 0) is 4.74 Å². The van der Waals surface area contributed by atoms with Gasteiger partial charge in [-0.25, -0.2) is 14.9 Å². The predicted octanol–water partition coefficient (Wildman–Crippen LogP) is 1.51. The molecule has 0 aromatic heterocycles. The van der Waals surface area contributed by atoms with Crippen LogP contribution < -0.4 is 11.1 Å². The molecule has 5 nitrogen and oxygen atoms in total. The van der Waals surface area contributed by atoms with Crippen LogP contribution in [0.5, 0.6) is 0 Å². The molecule has 1 rings (SSSR count). The van der Waals surface area contributed by atoms with Gasteiger partial charge in [0.25, 0.3) is 0 Å². The largest absolute Gasteiger partial charge is 0.443 e. The lowest BCUT2D eigenvalue weighted by atomic mass is 9.99. The molecule has 3 amide bonds. The molecule has 0 radical (unpaired) electrons. The van der Waals surface area contributed by atoms with Gasteiger partial charge in [-0.2, -0.15) is 0 Å². The van der Waals surface area contributed by atoms with E-state index in [1.54, 1.807) is 0 Å². The number of ether oxygens (including phenoxy) is 1. The number of amides is 3. The number of imide groups is 1. The Kier molecular flexibility index (Phi) is 3.33. The smallest absolute Gasteiger partial charge is 0.415 e. The summed E-state index contributed by atoms with van der Waals surface area (Å²) in [5, 5.41) is 1.91. The van der Waals surface area contributed by atoms with E-state index in [1.807, 2.05) is 12.2 Å². The lowest BCUT2D eigenvalue weighted by Gasteiger charge is -2.27. The standard InChI is InChI=1S/C9H16N2O3/c1-2-9(5-3-4-6-9)14-8(13)11-7(10)12/h2-6H2,1H3,(H3,10,11,12,13). The van der Waals surface area contributed by atoms with Gasteiger partial charge in [0.05, 0.1) is 0 Å². The molecule has 1 saturated carbocycles. The number of rotatable bonds is 2.